The number of aliphatic carboxylic acids is 1. The molecule has 1 amide bonds. The average Bonchev–Trinajstić information content (AvgIpc) is 2.28. The average molecular weight is 328 g/mol. The molecular weight excluding hydrogens is 310 g/mol. The summed E-state index contributed by atoms with van der Waals surface area (Å²) in [4.78, 5) is 23.1. The zero-order valence-corrected chi connectivity index (χ0v) is 13.6. The van der Waals surface area contributed by atoms with Crippen LogP contribution in [-0.2, 0) is 9.59 Å². The van der Waals surface area contributed by atoms with Crippen LogP contribution >= 0.6 is 43.2 Å². The van der Waals surface area contributed by atoms with E-state index in [2.05, 4.69) is 5.32 Å². The van der Waals surface area contributed by atoms with E-state index in [0.29, 0.717) is 5.75 Å². The predicted molar refractivity (Wildman–Crippen MR) is 83.2 cm³/mol. The van der Waals surface area contributed by atoms with Crippen LogP contribution in [0.2, 0.25) is 0 Å². The Bertz CT molecular complexity index is 311. The summed E-state index contributed by atoms with van der Waals surface area (Å²) in [5.41, 5.74) is 0. The molecule has 1 rings (SSSR count). The Morgan fingerprint density at radius 2 is 2.00 bits per heavy atom. The first-order valence-electron chi connectivity index (χ1n) is 5.52. The highest BCUT2D eigenvalue weighted by molar-refractivity contribution is 8.77. The van der Waals surface area contributed by atoms with E-state index in [0.717, 1.165) is 17.9 Å². The van der Waals surface area contributed by atoms with Crippen LogP contribution < -0.4 is 5.32 Å². The molecule has 0 aromatic carbocycles. The van der Waals surface area contributed by atoms with E-state index >= 15 is 0 Å². The Labute approximate surface area is 123 Å². The molecule has 1 unspecified atom stereocenters. The van der Waals surface area contributed by atoms with E-state index in [4.69, 9.17) is 5.11 Å². The summed E-state index contributed by atoms with van der Waals surface area (Å²) in [5, 5.41) is 11.7. The van der Waals surface area contributed by atoms with E-state index < -0.39 is 16.8 Å². The third kappa shape index (κ3) is 5.54. The van der Waals surface area contributed by atoms with Crippen molar-refractivity contribution in [2.24, 2.45) is 0 Å². The van der Waals surface area contributed by atoms with Crippen LogP contribution in [0.5, 0.6) is 0 Å². The Kier molecular flexibility index (Phi) is 7.12. The molecule has 1 fully saturated rings. The van der Waals surface area contributed by atoms with Crippen molar-refractivity contribution in [1.82, 2.24) is 5.32 Å². The normalized spacial score (nSPS) is 26.6. The predicted octanol–water partition coefficient (Wildman–Crippen LogP) is 2.50. The van der Waals surface area contributed by atoms with Crippen LogP contribution in [0.15, 0.2) is 0 Å². The minimum absolute atomic E-state index is 0.210. The molecule has 104 valence electrons. The van der Waals surface area contributed by atoms with Crippen LogP contribution in [0.1, 0.15) is 20.3 Å². The molecule has 0 saturated carbocycles. The number of amides is 1. The van der Waals surface area contributed by atoms with Gasteiger partial charge in [-0.2, -0.15) is 0 Å². The van der Waals surface area contributed by atoms with Crippen LogP contribution in [-0.4, -0.2) is 45.0 Å². The summed E-state index contributed by atoms with van der Waals surface area (Å²) in [6.07, 6.45) is 1.07. The molecule has 0 spiro atoms. The third-order valence-electron chi connectivity index (χ3n) is 2.19. The van der Waals surface area contributed by atoms with E-state index in [1.165, 1.54) is 21.6 Å². The molecule has 8 heteroatoms. The molecule has 0 aliphatic carbocycles. The lowest BCUT2D eigenvalue weighted by molar-refractivity contribution is -0.141. The molecule has 0 radical (unpaired) electrons. The number of rotatable bonds is 1. The number of hydrogen-bond acceptors (Lipinski definition) is 6. The van der Waals surface area contributed by atoms with Gasteiger partial charge in [0, 0.05) is 17.3 Å². The van der Waals surface area contributed by atoms with Gasteiger partial charge < -0.3 is 10.4 Å². The van der Waals surface area contributed by atoms with E-state index in [-0.39, 0.29) is 5.91 Å². The van der Waals surface area contributed by atoms with Crippen molar-refractivity contribution in [2.45, 2.75) is 31.1 Å². The van der Waals surface area contributed by atoms with Crippen molar-refractivity contribution < 1.29 is 14.7 Å². The van der Waals surface area contributed by atoms with Crippen molar-refractivity contribution in [3.05, 3.63) is 0 Å². The molecule has 1 saturated heterocycles. The summed E-state index contributed by atoms with van der Waals surface area (Å²) >= 11 is 0. The molecule has 2 N–H and O–H groups in total. The number of carbonyl (C=O) groups excluding carboxylic acids is 1. The lowest BCUT2D eigenvalue weighted by Gasteiger charge is -2.25. The van der Waals surface area contributed by atoms with Crippen LogP contribution in [0.25, 0.3) is 0 Å². The van der Waals surface area contributed by atoms with Gasteiger partial charge in [0.1, 0.15) is 6.04 Å². The fourth-order valence-corrected chi connectivity index (χ4v) is 6.00. The largest absolute Gasteiger partial charge is 0.480 e. The smallest absolute Gasteiger partial charge is 0.327 e. The van der Waals surface area contributed by atoms with Crippen molar-refractivity contribution in [2.75, 3.05) is 17.3 Å². The maximum absolute atomic E-state index is 12.0. The molecule has 1 aliphatic heterocycles. The Hall–Kier alpha value is 0.340. The van der Waals surface area contributed by atoms with Gasteiger partial charge in [0.15, 0.2) is 0 Å². The van der Waals surface area contributed by atoms with Gasteiger partial charge >= 0.3 is 5.97 Å². The lowest BCUT2D eigenvalue weighted by Crippen LogP contribution is -2.49. The second kappa shape index (κ2) is 7.81. The molecule has 18 heavy (non-hydrogen) atoms. The van der Waals surface area contributed by atoms with Crippen molar-refractivity contribution in [3.8, 4) is 0 Å². The summed E-state index contributed by atoms with van der Waals surface area (Å²) in [7, 11) is 6.37. The van der Waals surface area contributed by atoms with Gasteiger partial charge in [0.2, 0.25) is 5.91 Å². The minimum atomic E-state index is -0.970. The zero-order chi connectivity index (χ0) is 13.6. The fraction of sp³-hybridized carbons (Fsp3) is 0.800. The minimum Gasteiger partial charge on any atom is -0.480 e. The highest BCUT2D eigenvalue weighted by atomic mass is 33.1. The summed E-state index contributed by atoms with van der Waals surface area (Å²) in [5.74, 6) is 1.25. The van der Waals surface area contributed by atoms with Crippen molar-refractivity contribution in [1.29, 1.82) is 0 Å². The topological polar surface area (TPSA) is 66.4 Å². The van der Waals surface area contributed by atoms with Gasteiger partial charge in [-0.1, -0.05) is 43.2 Å². The van der Waals surface area contributed by atoms with E-state index in [1.54, 1.807) is 21.6 Å². The first-order valence-corrected chi connectivity index (χ1v) is 10.3. The maximum Gasteiger partial charge on any atom is 0.327 e. The first kappa shape index (κ1) is 16.4. The summed E-state index contributed by atoms with van der Waals surface area (Å²) in [6, 6.07) is -0.806. The van der Waals surface area contributed by atoms with Crippen LogP contribution in [0.3, 0.4) is 0 Å². The Morgan fingerprint density at radius 1 is 1.33 bits per heavy atom. The molecular formula is C10H17NO3S4. The first-order chi connectivity index (χ1) is 8.43. The number of hydrogen-bond donors (Lipinski definition) is 2. The van der Waals surface area contributed by atoms with Crippen molar-refractivity contribution >= 4 is 55.1 Å². The van der Waals surface area contributed by atoms with Gasteiger partial charge in [0.05, 0.1) is 4.75 Å². The van der Waals surface area contributed by atoms with Gasteiger partial charge in [-0.25, -0.2) is 4.79 Å². The van der Waals surface area contributed by atoms with Crippen LogP contribution in [0, 0.1) is 0 Å². The monoisotopic (exact) mass is 327 g/mol. The van der Waals surface area contributed by atoms with Crippen LogP contribution in [0.4, 0.5) is 0 Å². The Balaban J connectivity index is 2.68. The van der Waals surface area contributed by atoms with E-state index in [1.807, 2.05) is 13.8 Å². The second-order valence-corrected chi connectivity index (χ2v) is 9.91. The van der Waals surface area contributed by atoms with Gasteiger partial charge in [-0.3, -0.25) is 4.79 Å². The number of carboxylic acid groups (broad SMARTS) is 1. The van der Waals surface area contributed by atoms with Crippen molar-refractivity contribution in [3.63, 3.8) is 0 Å². The zero-order valence-electron chi connectivity index (χ0n) is 10.3. The molecule has 1 heterocycles. The molecule has 0 bridgehead atoms. The number of nitrogens with one attached hydrogen (secondary N) is 1. The summed E-state index contributed by atoms with van der Waals surface area (Å²) < 4.78 is -0.602. The molecule has 0 aromatic rings. The fourth-order valence-electron chi connectivity index (χ4n) is 1.09. The quantitative estimate of drug-likeness (QED) is 0.717. The van der Waals surface area contributed by atoms with Gasteiger partial charge in [-0.15, -0.1) is 0 Å². The van der Waals surface area contributed by atoms with Gasteiger partial charge in [0.25, 0.3) is 0 Å². The molecule has 1 atom stereocenters. The lowest BCUT2D eigenvalue weighted by atomic mass is 10.2. The van der Waals surface area contributed by atoms with E-state index in [9.17, 15) is 9.59 Å². The summed E-state index contributed by atoms with van der Waals surface area (Å²) in [6.45, 7) is 3.65. The molecule has 1 aliphatic rings. The number of carboxylic acids is 1. The third-order valence-corrected chi connectivity index (χ3v) is 7.97. The standard InChI is InChI=1S/C10H17NO3S4/c1-10(2)9(14)11-7(8(12)13)6-17-15-4-3-5-16-18-10/h7H,3-6H2,1-2H3,(H,11,14)(H,12,13). The highest BCUT2D eigenvalue weighted by Crippen LogP contribution is 2.37. The number of carbonyl (C=O) groups is 2. The maximum atomic E-state index is 12.0. The molecule has 0 aromatic heterocycles. The highest BCUT2D eigenvalue weighted by Gasteiger charge is 2.32. The SMILES string of the molecule is CC1(C)SSCCCSSCC(C(=O)O)NC1=O. The Morgan fingerprint density at radius 3 is 2.67 bits per heavy atom. The second-order valence-electron chi connectivity index (χ2n) is 4.24. The molecule has 4 nitrogen and oxygen atoms in total. The van der Waals surface area contributed by atoms with Gasteiger partial charge in [-0.05, 0) is 20.3 Å².